The number of hydrogen-bond donors (Lipinski definition) is 0. The normalized spacial score (nSPS) is 11.5. The molecule has 0 aliphatic rings. The monoisotopic (exact) mass is 354 g/mol. The minimum Gasteiger partial charge on any atom is -0.252 e. The lowest BCUT2D eigenvalue weighted by atomic mass is 9.94. The zero-order valence-corrected chi connectivity index (χ0v) is 15.0. The Labute approximate surface area is 156 Å². The third-order valence-electron chi connectivity index (χ3n) is 4.82. The number of para-hydroxylation sites is 1. The molecule has 3 aromatic carbocycles. The summed E-state index contributed by atoms with van der Waals surface area (Å²) in [6.07, 6.45) is 0. The van der Waals surface area contributed by atoms with E-state index in [1.165, 1.54) is 11.1 Å². The molecule has 0 fully saturated rings. The van der Waals surface area contributed by atoms with Gasteiger partial charge in [0.2, 0.25) is 0 Å². The first-order valence-corrected chi connectivity index (χ1v) is 8.94. The second-order valence-corrected chi connectivity index (χ2v) is 6.89. The van der Waals surface area contributed by atoms with Crippen molar-refractivity contribution in [2.45, 2.75) is 6.92 Å². The zero-order valence-electron chi connectivity index (χ0n) is 14.2. The SMILES string of the molecule is Cc1nc2ccc(Cl)cc2c2nc3ccccc3c(-c3ccccc3)c12. The number of rotatable bonds is 1. The predicted octanol–water partition coefficient (Wildman–Crippen LogP) is 6.57. The first kappa shape index (κ1) is 15.3. The van der Waals surface area contributed by atoms with Crippen LogP contribution >= 0.6 is 11.6 Å². The van der Waals surface area contributed by atoms with Crippen LogP contribution in [0.25, 0.3) is 43.8 Å². The molecule has 0 bridgehead atoms. The Balaban J connectivity index is 2.09. The van der Waals surface area contributed by atoms with Crippen molar-refractivity contribution in [1.29, 1.82) is 0 Å². The first-order chi connectivity index (χ1) is 12.7. The molecule has 3 heteroatoms. The zero-order chi connectivity index (χ0) is 17.7. The topological polar surface area (TPSA) is 25.8 Å². The molecule has 124 valence electrons. The molecule has 0 saturated heterocycles. The fraction of sp³-hybridized carbons (Fsp3) is 0.0435. The van der Waals surface area contributed by atoms with Gasteiger partial charge in [0.15, 0.2) is 0 Å². The van der Waals surface area contributed by atoms with E-state index in [0.717, 1.165) is 38.4 Å². The van der Waals surface area contributed by atoms with Gasteiger partial charge in [0, 0.05) is 32.4 Å². The van der Waals surface area contributed by atoms with Crippen molar-refractivity contribution >= 4 is 44.3 Å². The molecule has 2 aromatic heterocycles. The van der Waals surface area contributed by atoms with Crippen molar-refractivity contribution in [3.05, 3.63) is 83.5 Å². The molecule has 0 amide bonds. The smallest absolute Gasteiger partial charge is 0.0828 e. The van der Waals surface area contributed by atoms with Crippen LogP contribution in [0, 0.1) is 6.92 Å². The molecule has 5 rings (SSSR count). The van der Waals surface area contributed by atoms with Crippen molar-refractivity contribution in [2.24, 2.45) is 0 Å². The average Bonchev–Trinajstić information content (AvgIpc) is 2.68. The van der Waals surface area contributed by atoms with Crippen LogP contribution in [0.1, 0.15) is 5.69 Å². The lowest BCUT2D eigenvalue weighted by Gasteiger charge is -2.15. The number of halogens is 1. The van der Waals surface area contributed by atoms with Crippen molar-refractivity contribution in [2.75, 3.05) is 0 Å². The van der Waals surface area contributed by atoms with E-state index in [2.05, 4.69) is 49.4 Å². The standard InChI is InChI=1S/C23H15ClN2/c1-14-21-22(15-7-3-2-4-8-15)17-9-5-6-10-19(17)26-23(21)18-13-16(24)11-12-20(18)25-14/h2-13H,1H3. The molecule has 0 unspecified atom stereocenters. The van der Waals surface area contributed by atoms with Gasteiger partial charge in [0.05, 0.1) is 16.6 Å². The minimum atomic E-state index is 0.695. The molecule has 26 heavy (non-hydrogen) atoms. The van der Waals surface area contributed by atoms with E-state index in [4.69, 9.17) is 21.6 Å². The van der Waals surface area contributed by atoms with Crippen molar-refractivity contribution in [1.82, 2.24) is 9.97 Å². The number of benzene rings is 3. The van der Waals surface area contributed by atoms with E-state index in [0.29, 0.717) is 5.02 Å². The Morgan fingerprint density at radius 2 is 1.46 bits per heavy atom. The Bertz CT molecular complexity index is 1290. The molecular formula is C23H15ClN2. The summed E-state index contributed by atoms with van der Waals surface area (Å²) in [6.45, 7) is 2.05. The van der Waals surface area contributed by atoms with Crippen LogP contribution in [-0.2, 0) is 0 Å². The van der Waals surface area contributed by atoms with Gasteiger partial charge in [-0.3, -0.25) is 4.98 Å². The fourth-order valence-electron chi connectivity index (χ4n) is 3.70. The fourth-order valence-corrected chi connectivity index (χ4v) is 3.87. The lowest BCUT2D eigenvalue weighted by molar-refractivity contribution is 1.28. The molecule has 0 spiro atoms. The van der Waals surface area contributed by atoms with Gasteiger partial charge in [0.1, 0.15) is 0 Å². The summed E-state index contributed by atoms with van der Waals surface area (Å²) in [5, 5.41) is 3.91. The molecular weight excluding hydrogens is 340 g/mol. The third-order valence-corrected chi connectivity index (χ3v) is 5.05. The second-order valence-electron chi connectivity index (χ2n) is 6.45. The Morgan fingerprint density at radius 1 is 0.731 bits per heavy atom. The lowest BCUT2D eigenvalue weighted by Crippen LogP contribution is -1.95. The number of pyridine rings is 2. The highest BCUT2D eigenvalue weighted by Gasteiger charge is 2.16. The number of nitrogens with zero attached hydrogens (tertiary/aromatic N) is 2. The van der Waals surface area contributed by atoms with Crippen LogP contribution in [0.4, 0.5) is 0 Å². The van der Waals surface area contributed by atoms with Gasteiger partial charge < -0.3 is 0 Å². The summed E-state index contributed by atoms with van der Waals surface area (Å²) in [6, 6.07) is 24.5. The highest BCUT2D eigenvalue weighted by molar-refractivity contribution is 6.32. The van der Waals surface area contributed by atoms with Crippen LogP contribution in [0.5, 0.6) is 0 Å². The van der Waals surface area contributed by atoms with E-state index in [9.17, 15) is 0 Å². The highest BCUT2D eigenvalue weighted by atomic mass is 35.5. The molecule has 0 atom stereocenters. The van der Waals surface area contributed by atoms with Gasteiger partial charge in [-0.25, -0.2) is 4.98 Å². The molecule has 0 N–H and O–H groups in total. The van der Waals surface area contributed by atoms with Gasteiger partial charge in [-0.15, -0.1) is 0 Å². The van der Waals surface area contributed by atoms with Crippen LogP contribution in [0.3, 0.4) is 0 Å². The van der Waals surface area contributed by atoms with Crippen LogP contribution < -0.4 is 0 Å². The van der Waals surface area contributed by atoms with Gasteiger partial charge in [-0.05, 0) is 36.8 Å². The summed E-state index contributed by atoms with van der Waals surface area (Å²) in [5.41, 5.74) is 6.17. The quantitative estimate of drug-likeness (QED) is 0.251. The maximum atomic E-state index is 6.28. The molecule has 2 heterocycles. The Hall–Kier alpha value is -2.97. The summed E-state index contributed by atoms with van der Waals surface area (Å²) >= 11 is 6.28. The maximum absolute atomic E-state index is 6.28. The molecule has 0 aliphatic heterocycles. The van der Waals surface area contributed by atoms with Gasteiger partial charge in [-0.2, -0.15) is 0 Å². The number of aromatic nitrogens is 2. The van der Waals surface area contributed by atoms with Crippen LogP contribution in [0.2, 0.25) is 5.02 Å². The summed E-state index contributed by atoms with van der Waals surface area (Å²) in [7, 11) is 0. The highest BCUT2D eigenvalue weighted by Crippen LogP contribution is 2.38. The number of aryl methyl sites for hydroxylation is 1. The largest absolute Gasteiger partial charge is 0.252 e. The maximum Gasteiger partial charge on any atom is 0.0828 e. The van der Waals surface area contributed by atoms with Crippen molar-refractivity contribution in [3.63, 3.8) is 0 Å². The summed E-state index contributed by atoms with van der Waals surface area (Å²) in [4.78, 5) is 9.83. The number of fused-ring (bicyclic) bond motifs is 4. The van der Waals surface area contributed by atoms with Crippen molar-refractivity contribution in [3.8, 4) is 11.1 Å². The molecule has 0 aliphatic carbocycles. The first-order valence-electron chi connectivity index (χ1n) is 8.56. The van der Waals surface area contributed by atoms with Crippen molar-refractivity contribution < 1.29 is 0 Å². The summed E-state index contributed by atoms with van der Waals surface area (Å²) < 4.78 is 0. The number of hydrogen-bond acceptors (Lipinski definition) is 2. The van der Waals surface area contributed by atoms with E-state index < -0.39 is 0 Å². The van der Waals surface area contributed by atoms with E-state index in [1.54, 1.807) is 0 Å². The Kier molecular flexibility index (Phi) is 3.41. The second kappa shape index (κ2) is 5.79. The average molecular weight is 355 g/mol. The molecule has 5 aromatic rings. The van der Waals surface area contributed by atoms with Gasteiger partial charge in [0.25, 0.3) is 0 Å². The van der Waals surface area contributed by atoms with E-state index in [1.807, 2.05) is 30.3 Å². The van der Waals surface area contributed by atoms with Crippen LogP contribution in [-0.4, -0.2) is 9.97 Å². The third kappa shape index (κ3) is 2.27. The minimum absolute atomic E-state index is 0.695. The van der Waals surface area contributed by atoms with Crippen LogP contribution in [0.15, 0.2) is 72.8 Å². The molecule has 0 saturated carbocycles. The van der Waals surface area contributed by atoms with Gasteiger partial charge in [-0.1, -0.05) is 60.1 Å². The van der Waals surface area contributed by atoms with E-state index >= 15 is 0 Å². The molecule has 0 radical (unpaired) electrons. The van der Waals surface area contributed by atoms with Gasteiger partial charge >= 0.3 is 0 Å². The van der Waals surface area contributed by atoms with E-state index in [-0.39, 0.29) is 0 Å². The summed E-state index contributed by atoms with van der Waals surface area (Å²) in [5.74, 6) is 0. The Morgan fingerprint density at radius 3 is 2.31 bits per heavy atom. The molecule has 2 nitrogen and oxygen atoms in total. The predicted molar refractivity (Wildman–Crippen MR) is 110 cm³/mol.